The van der Waals surface area contributed by atoms with Gasteiger partial charge in [-0.15, -0.1) is 0 Å². The fourth-order valence-electron chi connectivity index (χ4n) is 4.16. The molecule has 0 unspecified atom stereocenters. The van der Waals surface area contributed by atoms with Gasteiger partial charge in [0.05, 0.1) is 17.5 Å². The lowest BCUT2D eigenvalue weighted by molar-refractivity contribution is -0.130. The Kier molecular flexibility index (Phi) is 5.75. The Labute approximate surface area is 176 Å². The molecule has 1 fully saturated rings. The van der Waals surface area contributed by atoms with E-state index in [2.05, 4.69) is 9.97 Å². The van der Waals surface area contributed by atoms with E-state index in [4.69, 9.17) is 0 Å². The molecule has 2 aliphatic heterocycles. The number of carbonyl (C=O) groups is 1. The molecule has 2 aromatic rings. The van der Waals surface area contributed by atoms with Crippen molar-refractivity contribution < 1.29 is 13.2 Å². The number of benzene rings is 1. The standard InChI is InChI=1S/C21H26N4O4S/c1-30(28,29)25-12-10-18-17(14-25)21(27)23-20(22-18)16-9-11-24(13-16)19(26)8-7-15-5-3-2-4-6-15/h2-6,16H,7-14H2,1H3,(H,22,23,27)/t16-/m0/s1. The van der Waals surface area contributed by atoms with E-state index in [1.54, 1.807) is 0 Å². The average molecular weight is 431 g/mol. The number of aromatic nitrogens is 2. The zero-order chi connectivity index (χ0) is 21.3. The number of fused-ring (bicyclic) bond motifs is 1. The van der Waals surface area contributed by atoms with Crippen LogP contribution in [0.25, 0.3) is 0 Å². The Hall–Kier alpha value is -2.52. The van der Waals surface area contributed by atoms with Gasteiger partial charge in [-0.3, -0.25) is 9.59 Å². The number of aromatic amines is 1. The molecule has 2 aliphatic rings. The first-order valence-corrected chi connectivity index (χ1v) is 12.0. The average Bonchev–Trinajstić information content (AvgIpc) is 3.22. The summed E-state index contributed by atoms with van der Waals surface area (Å²) in [5, 5.41) is 0. The molecule has 8 nitrogen and oxygen atoms in total. The van der Waals surface area contributed by atoms with Crippen LogP contribution in [-0.4, -0.2) is 59.4 Å². The zero-order valence-electron chi connectivity index (χ0n) is 17.0. The van der Waals surface area contributed by atoms with Crippen molar-refractivity contribution in [1.82, 2.24) is 19.2 Å². The number of aryl methyl sites for hydroxylation is 1. The van der Waals surface area contributed by atoms with Crippen LogP contribution in [0, 0.1) is 0 Å². The van der Waals surface area contributed by atoms with Gasteiger partial charge >= 0.3 is 0 Å². The first-order valence-electron chi connectivity index (χ1n) is 10.2. The van der Waals surface area contributed by atoms with Crippen LogP contribution in [0.1, 0.15) is 41.4 Å². The lowest BCUT2D eigenvalue weighted by Crippen LogP contribution is -2.39. The predicted molar refractivity (Wildman–Crippen MR) is 113 cm³/mol. The highest BCUT2D eigenvalue weighted by molar-refractivity contribution is 7.88. The number of carbonyl (C=O) groups excluding carboxylic acids is 1. The number of hydrogen-bond acceptors (Lipinski definition) is 5. The number of H-pyrrole nitrogens is 1. The van der Waals surface area contributed by atoms with Crippen molar-refractivity contribution >= 4 is 15.9 Å². The van der Waals surface area contributed by atoms with Crippen LogP contribution >= 0.6 is 0 Å². The van der Waals surface area contributed by atoms with E-state index in [1.807, 2.05) is 35.2 Å². The van der Waals surface area contributed by atoms with Crippen molar-refractivity contribution in [2.45, 2.75) is 38.1 Å². The highest BCUT2D eigenvalue weighted by atomic mass is 32.2. The number of amides is 1. The topological polar surface area (TPSA) is 103 Å². The Morgan fingerprint density at radius 1 is 1.23 bits per heavy atom. The number of likely N-dealkylation sites (tertiary alicyclic amines) is 1. The Morgan fingerprint density at radius 2 is 2.00 bits per heavy atom. The molecule has 4 rings (SSSR count). The first-order chi connectivity index (χ1) is 14.3. The summed E-state index contributed by atoms with van der Waals surface area (Å²) in [7, 11) is -3.34. The van der Waals surface area contributed by atoms with Gasteiger partial charge in [0.25, 0.3) is 5.56 Å². The van der Waals surface area contributed by atoms with Crippen molar-refractivity contribution in [3.8, 4) is 0 Å². The van der Waals surface area contributed by atoms with Crippen LogP contribution in [0.5, 0.6) is 0 Å². The van der Waals surface area contributed by atoms with E-state index in [0.717, 1.165) is 18.2 Å². The fourth-order valence-corrected chi connectivity index (χ4v) is 4.95. The van der Waals surface area contributed by atoms with E-state index in [0.29, 0.717) is 56.0 Å². The van der Waals surface area contributed by atoms with Crippen molar-refractivity contribution in [2.24, 2.45) is 0 Å². The maximum absolute atomic E-state index is 12.6. The first kappa shape index (κ1) is 20.7. The van der Waals surface area contributed by atoms with Crippen LogP contribution < -0.4 is 5.56 Å². The SMILES string of the molecule is CS(=O)(=O)N1CCc2nc([C@H]3CCN(C(=O)CCc4ccccc4)C3)[nH]c(=O)c2C1. The molecule has 9 heteroatoms. The molecule has 0 radical (unpaired) electrons. The van der Waals surface area contributed by atoms with Crippen LogP contribution in [0.2, 0.25) is 0 Å². The molecule has 0 bridgehead atoms. The van der Waals surface area contributed by atoms with Crippen LogP contribution in [0.4, 0.5) is 0 Å². The van der Waals surface area contributed by atoms with Gasteiger partial charge in [-0.1, -0.05) is 30.3 Å². The summed E-state index contributed by atoms with van der Waals surface area (Å²) < 4.78 is 24.9. The Bertz CT molecular complexity index is 1100. The summed E-state index contributed by atoms with van der Waals surface area (Å²) in [6, 6.07) is 9.94. The molecule has 1 atom stereocenters. The minimum atomic E-state index is -3.34. The highest BCUT2D eigenvalue weighted by Gasteiger charge is 2.31. The smallest absolute Gasteiger partial charge is 0.255 e. The summed E-state index contributed by atoms with van der Waals surface area (Å²) in [5.74, 6) is 0.715. The van der Waals surface area contributed by atoms with Crippen molar-refractivity contribution in [1.29, 1.82) is 0 Å². The molecule has 3 heterocycles. The molecule has 0 aliphatic carbocycles. The molecule has 0 spiro atoms. The van der Waals surface area contributed by atoms with Crippen molar-refractivity contribution in [3.63, 3.8) is 0 Å². The molecule has 30 heavy (non-hydrogen) atoms. The summed E-state index contributed by atoms with van der Waals surface area (Å²) in [6.45, 7) is 1.59. The lowest BCUT2D eigenvalue weighted by Gasteiger charge is -2.26. The van der Waals surface area contributed by atoms with Crippen molar-refractivity contribution in [2.75, 3.05) is 25.9 Å². The van der Waals surface area contributed by atoms with Gasteiger partial charge in [-0.2, -0.15) is 4.31 Å². The predicted octanol–water partition coefficient (Wildman–Crippen LogP) is 1.04. The van der Waals surface area contributed by atoms with Crippen LogP contribution in [-0.2, 0) is 34.2 Å². The Balaban J connectivity index is 1.41. The number of nitrogens with one attached hydrogen (secondary N) is 1. The highest BCUT2D eigenvalue weighted by Crippen LogP contribution is 2.26. The quantitative estimate of drug-likeness (QED) is 0.763. The fraction of sp³-hybridized carbons (Fsp3) is 0.476. The van der Waals surface area contributed by atoms with E-state index < -0.39 is 10.0 Å². The zero-order valence-corrected chi connectivity index (χ0v) is 17.8. The maximum Gasteiger partial charge on any atom is 0.255 e. The van der Waals surface area contributed by atoms with E-state index >= 15 is 0 Å². The second-order valence-electron chi connectivity index (χ2n) is 8.03. The second kappa shape index (κ2) is 8.31. The number of hydrogen-bond donors (Lipinski definition) is 1. The number of rotatable bonds is 5. The van der Waals surface area contributed by atoms with Crippen molar-refractivity contribution in [3.05, 3.63) is 63.3 Å². The molecule has 1 saturated heterocycles. The number of sulfonamides is 1. The monoisotopic (exact) mass is 430 g/mol. The molecule has 1 aromatic heterocycles. The summed E-state index contributed by atoms with van der Waals surface area (Å²) in [6.07, 6.45) is 3.51. The minimum absolute atomic E-state index is 0.00314. The van der Waals surface area contributed by atoms with Gasteiger partial charge in [0.2, 0.25) is 15.9 Å². The molecular formula is C21H26N4O4S. The molecule has 1 amide bonds. The molecule has 1 aromatic carbocycles. The molecular weight excluding hydrogens is 404 g/mol. The third kappa shape index (κ3) is 4.46. The van der Waals surface area contributed by atoms with Gasteiger partial charge < -0.3 is 9.88 Å². The normalized spacial score (nSPS) is 19.6. The molecule has 1 N–H and O–H groups in total. The van der Waals surface area contributed by atoms with Crippen LogP contribution in [0.15, 0.2) is 35.1 Å². The molecule has 160 valence electrons. The van der Waals surface area contributed by atoms with E-state index in [9.17, 15) is 18.0 Å². The largest absolute Gasteiger partial charge is 0.342 e. The van der Waals surface area contributed by atoms with Gasteiger partial charge in [-0.25, -0.2) is 13.4 Å². The maximum atomic E-state index is 12.6. The van der Waals surface area contributed by atoms with Gasteiger partial charge in [-0.05, 0) is 18.4 Å². The summed E-state index contributed by atoms with van der Waals surface area (Å²) in [4.78, 5) is 34.5. The summed E-state index contributed by atoms with van der Waals surface area (Å²) >= 11 is 0. The van der Waals surface area contributed by atoms with E-state index in [-0.39, 0.29) is 23.9 Å². The Morgan fingerprint density at radius 3 is 2.73 bits per heavy atom. The third-order valence-electron chi connectivity index (χ3n) is 5.92. The van der Waals surface area contributed by atoms with Crippen LogP contribution in [0.3, 0.4) is 0 Å². The van der Waals surface area contributed by atoms with Gasteiger partial charge in [0.1, 0.15) is 5.82 Å². The van der Waals surface area contributed by atoms with Gasteiger partial charge in [0, 0.05) is 44.9 Å². The minimum Gasteiger partial charge on any atom is -0.342 e. The third-order valence-corrected chi connectivity index (χ3v) is 7.17. The molecule has 0 saturated carbocycles. The number of nitrogens with zero attached hydrogens (tertiary/aromatic N) is 3. The van der Waals surface area contributed by atoms with E-state index in [1.165, 1.54) is 4.31 Å². The lowest BCUT2D eigenvalue weighted by atomic mass is 10.1. The summed E-state index contributed by atoms with van der Waals surface area (Å²) in [5.41, 5.74) is 1.95. The second-order valence-corrected chi connectivity index (χ2v) is 10.0. The van der Waals surface area contributed by atoms with Gasteiger partial charge in [0.15, 0.2) is 0 Å².